The summed E-state index contributed by atoms with van der Waals surface area (Å²) >= 11 is 0. The van der Waals surface area contributed by atoms with E-state index in [9.17, 15) is 15.0 Å². The molecule has 0 aromatic rings. The number of aliphatic hydroxyl groups excluding tert-OH is 2. The molecule has 2 atom stereocenters. The molecule has 1 amide bonds. The summed E-state index contributed by atoms with van der Waals surface area (Å²) in [4.78, 5) is 12.5. The summed E-state index contributed by atoms with van der Waals surface area (Å²) in [5, 5.41) is 23.3. The smallest absolute Gasteiger partial charge is 0.220 e. The van der Waals surface area contributed by atoms with Gasteiger partial charge in [0.1, 0.15) is 0 Å². The quantitative estimate of drug-likeness (QED) is 0.0422. The highest BCUT2D eigenvalue weighted by atomic mass is 16.3. The Morgan fingerprint density at radius 2 is 0.695 bits per heavy atom. The van der Waals surface area contributed by atoms with E-state index >= 15 is 0 Å². The predicted molar refractivity (Wildman–Crippen MR) is 262 cm³/mol. The van der Waals surface area contributed by atoms with Crippen molar-refractivity contribution in [1.29, 1.82) is 0 Å². The molecule has 0 aliphatic heterocycles. The Balaban J connectivity index is 3.45. The molecule has 2 unspecified atom stereocenters. The van der Waals surface area contributed by atoms with Crippen LogP contribution in [-0.2, 0) is 4.79 Å². The number of hydrogen-bond acceptors (Lipinski definition) is 3. The SMILES string of the molecule is CCCCCCC/C=C\C/C=C\CCCCCCCCCCCCCC(=O)NC(CO)C(O)CCCCCCCCCCCCCCCCCCCCCCCCCC. The largest absolute Gasteiger partial charge is 0.394 e. The fourth-order valence-electron chi connectivity index (χ4n) is 8.57. The minimum absolute atomic E-state index is 0.0292. The Kier molecular flexibility index (Phi) is 50.2. The molecule has 0 radical (unpaired) electrons. The maximum atomic E-state index is 12.5. The second kappa shape index (κ2) is 51.2. The van der Waals surface area contributed by atoms with Gasteiger partial charge in [-0.25, -0.2) is 0 Å². The molecule has 0 bridgehead atoms. The van der Waals surface area contributed by atoms with Crippen LogP contribution in [0.15, 0.2) is 24.3 Å². The molecule has 0 aliphatic rings. The minimum atomic E-state index is -0.660. The fraction of sp³-hybridized carbons (Fsp3) is 0.909. The van der Waals surface area contributed by atoms with Crippen LogP contribution in [0.2, 0.25) is 0 Å². The van der Waals surface area contributed by atoms with Gasteiger partial charge in [-0.1, -0.05) is 276 Å². The van der Waals surface area contributed by atoms with Crippen molar-refractivity contribution in [3.63, 3.8) is 0 Å². The first kappa shape index (κ1) is 57.9. The zero-order valence-corrected chi connectivity index (χ0v) is 40.3. The molecule has 0 fully saturated rings. The van der Waals surface area contributed by atoms with Gasteiger partial charge in [0.25, 0.3) is 0 Å². The lowest BCUT2D eigenvalue weighted by Gasteiger charge is -2.22. The maximum absolute atomic E-state index is 12.5. The third kappa shape index (κ3) is 47.8. The third-order valence-corrected chi connectivity index (χ3v) is 12.7. The molecule has 3 N–H and O–H groups in total. The van der Waals surface area contributed by atoms with Crippen LogP contribution in [0.1, 0.15) is 303 Å². The molecule has 0 aliphatic carbocycles. The van der Waals surface area contributed by atoms with Crippen molar-refractivity contribution >= 4 is 5.91 Å². The van der Waals surface area contributed by atoms with Crippen molar-refractivity contribution in [3.8, 4) is 0 Å². The first-order chi connectivity index (χ1) is 29.2. The Hall–Kier alpha value is -1.13. The summed E-state index contributed by atoms with van der Waals surface area (Å²) in [5.41, 5.74) is 0. The van der Waals surface area contributed by atoms with Crippen LogP contribution in [0.5, 0.6) is 0 Å². The highest BCUT2D eigenvalue weighted by Crippen LogP contribution is 2.17. The van der Waals surface area contributed by atoms with Gasteiger partial charge in [0.2, 0.25) is 5.91 Å². The minimum Gasteiger partial charge on any atom is -0.394 e. The van der Waals surface area contributed by atoms with Gasteiger partial charge in [-0.15, -0.1) is 0 Å². The van der Waals surface area contributed by atoms with Crippen LogP contribution < -0.4 is 5.32 Å². The van der Waals surface area contributed by atoms with Gasteiger partial charge in [0, 0.05) is 6.42 Å². The molecule has 0 spiro atoms. The van der Waals surface area contributed by atoms with Crippen molar-refractivity contribution in [2.75, 3.05) is 6.61 Å². The Bertz CT molecular complexity index is 855. The highest BCUT2D eigenvalue weighted by Gasteiger charge is 2.20. The number of carbonyl (C=O) groups is 1. The molecule has 0 saturated heterocycles. The van der Waals surface area contributed by atoms with Gasteiger partial charge >= 0.3 is 0 Å². The van der Waals surface area contributed by atoms with E-state index in [0.717, 1.165) is 32.1 Å². The molecular formula is C55H107NO3. The summed E-state index contributed by atoms with van der Waals surface area (Å²) in [6.07, 6.45) is 67.2. The van der Waals surface area contributed by atoms with Crippen LogP contribution in [0.3, 0.4) is 0 Å². The second-order valence-corrected chi connectivity index (χ2v) is 18.7. The van der Waals surface area contributed by atoms with E-state index in [0.29, 0.717) is 12.8 Å². The van der Waals surface area contributed by atoms with Crippen LogP contribution in [0, 0.1) is 0 Å². The summed E-state index contributed by atoms with van der Waals surface area (Å²) in [6, 6.07) is -0.537. The Labute approximate surface area is 370 Å². The lowest BCUT2D eigenvalue weighted by Crippen LogP contribution is -2.45. The maximum Gasteiger partial charge on any atom is 0.220 e. The molecular weight excluding hydrogens is 723 g/mol. The van der Waals surface area contributed by atoms with E-state index in [4.69, 9.17) is 0 Å². The normalized spacial score (nSPS) is 12.9. The number of unbranched alkanes of at least 4 members (excludes halogenated alkanes) is 39. The lowest BCUT2D eigenvalue weighted by molar-refractivity contribution is -0.123. The van der Waals surface area contributed by atoms with Gasteiger partial charge in [-0.3, -0.25) is 4.79 Å². The van der Waals surface area contributed by atoms with E-state index < -0.39 is 12.1 Å². The van der Waals surface area contributed by atoms with E-state index in [2.05, 4.69) is 43.5 Å². The van der Waals surface area contributed by atoms with Gasteiger partial charge in [-0.2, -0.15) is 0 Å². The third-order valence-electron chi connectivity index (χ3n) is 12.7. The van der Waals surface area contributed by atoms with Gasteiger partial charge in [0.15, 0.2) is 0 Å². The first-order valence-corrected chi connectivity index (χ1v) is 27.0. The summed E-state index contributed by atoms with van der Waals surface area (Å²) < 4.78 is 0. The first-order valence-electron chi connectivity index (χ1n) is 27.0. The van der Waals surface area contributed by atoms with Crippen LogP contribution in [0.4, 0.5) is 0 Å². The van der Waals surface area contributed by atoms with Crippen molar-refractivity contribution in [2.24, 2.45) is 0 Å². The number of allylic oxidation sites excluding steroid dienone is 4. The molecule has 59 heavy (non-hydrogen) atoms. The monoisotopic (exact) mass is 830 g/mol. The van der Waals surface area contributed by atoms with Crippen LogP contribution >= 0.6 is 0 Å². The summed E-state index contributed by atoms with van der Waals surface area (Å²) in [6.45, 7) is 4.38. The molecule has 0 saturated carbocycles. The molecule has 0 aromatic carbocycles. The van der Waals surface area contributed by atoms with E-state index in [1.165, 1.54) is 244 Å². The predicted octanol–water partition coefficient (Wildman–Crippen LogP) is 17.5. The van der Waals surface area contributed by atoms with Gasteiger partial charge in [-0.05, 0) is 44.9 Å². The molecule has 0 heterocycles. The second-order valence-electron chi connectivity index (χ2n) is 18.7. The molecule has 350 valence electrons. The number of rotatable bonds is 50. The van der Waals surface area contributed by atoms with Crippen molar-refractivity contribution in [1.82, 2.24) is 5.32 Å². The zero-order chi connectivity index (χ0) is 42.8. The van der Waals surface area contributed by atoms with Gasteiger partial charge in [0.05, 0.1) is 18.8 Å². The van der Waals surface area contributed by atoms with Crippen LogP contribution in [-0.4, -0.2) is 34.9 Å². The number of amides is 1. The van der Waals surface area contributed by atoms with Crippen LogP contribution in [0.25, 0.3) is 0 Å². The lowest BCUT2D eigenvalue weighted by atomic mass is 10.0. The molecule has 0 aromatic heterocycles. The van der Waals surface area contributed by atoms with E-state index in [1.807, 2.05) is 0 Å². The highest BCUT2D eigenvalue weighted by molar-refractivity contribution is 5.76. The topological polar surface area (TPSA) is 69.6 Å². The van der Waals surface area contributed by atoms with Gasteiger partial charge < -0.3 is 15.5 Å². The van der Waals surface area contributed by atoms with Crippen molar-refractivity contribution < 1.29 is 15.0 Å². The number of aliphatic hydroxyl groups is 2. The van der Waals surface area contributed by atoms with E-state index in [-0.39, 0.29) is 12.5 Å². The summed E-state index contributed by atoms with van der Waals surface area (Å²) in [5.74, 6) is -0.0292. The van der Waals surface area contributed by atoms with E-state index in [1.54, 1.807) is 0 Å². The number of carbonyl (C=O) groups excluding carboxylic acids is 1. The molecule has 4 heteroatoms. The number of nitrogens with one attached hydrogen (secondary N) is 1. The standard InChI is InChI=1S/C55H107NO3/c1-3-5-7-9-11-13-15-17-19-21-23-25-27-29-30-32-34-36-38-40-42-44-46-48-50-54(58)53(52-57)56-55(59)51-49-47-45-43-41-39-37-35-33-31-28-26-24-22-20-18-16-14-12-10-8-6-4-2/h16,18,22,24,53-54,57-58H,3-15,17,19-21,23,25-52H2,1-2H3,(H,56,59)/b18-16-,24-22-. The van der Waals surface area contributed by atoms with Crippen molar-refractivity contribution in [3.05, 3.63) is 24.3 Å². The molecule has 4 nitrogen and oxygen atoms in total. The Morgan fingerprint density at radius 1 is 0.407 bits per heavy atom. The molecule has 0 rings (SSSR count). The average molecular weight is 830 g/mol. The van der Waals surface area contributed by atoms with Crippen molar-refractivity contribution in [2.45, 2.75) is 315 Å². The zero-order valence-electron chi connectivity index (χ0n) is 40.3. The summed E-state index contributed by atoms with van der Waals surface area (Å²) in [7, 11) is 0. The fourth-order valence-corrected chi connectivity index (χ4v) is 8.57. The average Bonchev–Trinajstić information content (AvgIpc) is 3.24. The number of hydrogen-bond donors (Lipinski definition) is 3. The Morgan fingerprint density at radius 3 is 1.02 bits per heavy atom.